The second-order valence-electron chi connectivity index (χ2n) is 2.99. The number of pyridine rings is 1. The van der Waals surface area contributed by atoms with Crippen LogP contribution in [0.2, 0.25) is 0 Å². The van der Waals surface area contributed by atoms with Gasteiger partial charge in [-0.1, -0.05) is 19.2 Å². The van der Waals surface area contributed by atoms with Gasteiger partial charge in [0.05, 0.1) is 5.56 Å². The zero-order valence-electron chi connectivity index (χ0n) is 8.81. The topological polar surface area (TPSA) is 68.0 Å². The molecule has 0 aliphatic carbocycles. The van der Waals surface area contributed by atoms with Gasteiger partial charge in [-0.25, -0.2) is 4.98 Å². The average molecular weight is 215 g/mol. The summed E-state index contributed by atoms with van der Waals surface area (Å²) in [6.07, 6.45) is 6.16. The van der Waals surface area contributed by atoms with Gasteiger partial charge in [-0.2, -0.15) is 0 Å². The molecular weight excluding hydrogens is 202 g/mol. The summed E-state index contributed by atoms with van der Waals surface area (Å²) in [4.78, 5) is 15.5. The van der Waals surface area contributed by atoms with Gasteiger partial charge in [0, 0.05) is 11.9 Å². The number of nitrogens with one attached hydrogen (secondary N) is 1. The number of rotatable bonds is 4. The molecule has 1 heterocycles. The van der Waals surface area contributed by atoms with Crippen LogP contribution in [0, 0.1) is 0 Å². The van der Waals surface area contributed by atoms with Crippen molar-refractivity contribution in [3.63, 3.8) is 0 Å². The Morgan fingerprint density at radius 3 is 2.69 bits per heavy atom. The normalized spacial score (nSPS) is 10.6. The molecule has 1 rings (SSSR count). The van der Waals surface area contributed by atoms with Crippen molar-refractivity contribution in [2.75, 3.05) is 5.73 Å². The molecule has 1 aromatic heterocycles. The number of nitrogens with two attached hydrogens (primary N) is 1. The third-order valence-corrected chi connectivity index (χ3v) is 1.82. The number of carbonyl (C=O) groups is 1. The first-order chi connectivity index (χ1) is 7.67. The van der Waals surface area contributed by atoms with Crippen molar-refractivity contribution in [3.05, 3.63) is 61.0 Å². The zero-order chi connectivity index (χ0) is 12.0. The summed E-state index contributed by atoms with van der Waals surface area (Å²) in [5, 5.41) is 2.66. The Balaban J connectivity index is 2.79. The van der Waals surface area contributed by atoms with Crippen LogP contribution >= 0.6 is 0 Å². The van der Waals surface area contributed by atoms with Crippen molar-refractivity contribution < 1.29 is 4.79 Å². The quantitative estimate of drug-likeness (QED) is 0.750. The Labute approximate surface area is 94.2 Å². The van der Waals surface area contributed by atoms with Gasteiger partial charge >= 0.3 is 0 Å². The molecule has 0 radical (unpaired) electrons. The Kier molecular flexibility index (Phi) is 4.03. The van der Waals surface area contributed by atoms with Gasteiger partial charge in [0.15, 0.2) is 0 Å². The number of allylic oxidation sites excluding steroid dienone is 3. The molecule has 82 valence electrons. The summed E-state index contributed by atoms with van der Waals surface area (Å²) in [6.45, 7) is 7.11. The standard InChI is InChI=1S/C12H13N3O/c1-3-5-10(4-2)15-12(16)9-6-7-11(13)14-8-9/h3-8H,1-2H2,(H2,13,14)(H,15,16)/b10-5+. The maximum absolute atomic E-state index is 11.7. The molecule has 0 bridgehead atoms. The van der Waals surface area contributed by atoms with Crippen molar-refractivity contribution in [1.29, 1.82) is 0 Å². The van der Waals surface area contributed by atoms with E-state index < -0.39 is 0 Å². The number of carbonyl (C=O) groups excluding carboxylic acids is 1. The third kappa shape index (κ3) is 3.09. The van der Waals surface area contributed by atoms with Gasteiger partial charge in [-0.15, -0.1) is 0 Å². The first kappa shape index (κ1) is 11.7. The number of hydrogen-bond acceptors (Lipinski definition) is 3. The van der Waals surface area contributed by atoms with E-state index in [1.807, 2.05) is 0 Å². The first-order valence-electron chi connectivity index (χ1n) is 4.65. The maximum Gasteiger partial charge on any atom is 0.257 e. The molecule has 0 spiro atoms. The number of amides is 1. The monoisotopic (exact) mass is 215 g/mol. The van der Waals surface area contributed by atoms with Crippen LogP contribution in [0.15, 0.2) is 55.4 Å². The number of hydrogen-bond donors (Lipinski definition) is 2. The Morgan fingerprint density at radius 1 is 1.44 bits per heavy atom. The highest BCUT2D eigenvalue weighted by atomic mass is 16.1. The van der Waals surface area contributed by atoms with E-state index in [1.165, 1.54) is 12.3 Å². The predicted molar refractivity (Wildman–Crippen MR) is 64.6 cm³/mol. The zero-order valence-corrected chi connectivity index (χ0v) is 8.81. The lowest BCUT2D eigenvalue weighted by molar-refractivity contribution is 0.0967. The lowest BCUT2D eigenvalue weighted by Crippen LogP contribution is -2.21. The predicted octanol–water partition coefficient (Wildman–Crippen LogP) is 1.65. The molecule has 0 saturated heterocycles. The van der Waals surface area contributed by atoms with E-state index in [4.69, 9.17) is 5.73 Å². The van der Waals surface area contributed by atoms with Crippen molar-refractivity contribution in [2.45, 2.75) is 0 Å². The highest BCUT2D eigenvalue weighted by Crippen LogP contribution is 2.02. The summed E-state index contributed by atoms with van der Waals surface area (Å²) in [5.41, 5.74) is 6.43. The Morgan fingerprint density at radius 2 is 2.19 bits per heavy atom. The highest BCUT2D eigenvalue weighted by Gasteiger charge is 2.05. The number of anilines is 1. The summed E-state index contributed by atoms with van der Waals surface area (Å²) >= 11 is 0. The molecule has 0 fully saturated rings. The van der Waals surface area contributed by atoms with Crippen LogP contribution in [0.1, 0.15) is 10.4 Å². The fourth-order valence-electron chi connectivity index (χ4n) is 1.03. The van der Waals surface area contributed by atoms with Crippen LogP contribution in [0.25, 0.3) is 0 Å². The van der Waals surface area contributed by atoms with Crippen LogP contribution < -0.4 is 11.1 Å². The highest BCUT2D eigenvalue weighted by molar-refractivity contribution is 5.95. The summed E-state index contributed by atoms with van der Waals surface area (Å²) in [7, 11) is 0. The molecular formula is C12H13N3O. The van der Waals surface area contributed by atoms with E-state index in [1.54, 1.807) is 24.3 Å². The Hall–Kier alpha value is -2.36. The molecule has 4 nitrogen and oxygen atoms in total. The molecule has 0 aliphatic rings. The van der Waals surface area contributed by atoms with Gasteiger partial charge in [0.1, 0.15) is 5.82 Å². The van der Waals surface area contributed by atoms with E-state index in [0.29, 0.717) is 17.1 Å². The minimum absolute atomic E-state index is 0.263. The molecule has 1 amide bonds. The van der Waals surface area contributed by atoms with Crippen molar-refractivity contribution in [1.82, 2.24) is 10.3 Å². The second-order valence-corrected chi connectivity index (χ2v) is 2.99. The molecule has 0 aromatic carbocycles. The molecule has 0 saturated carbocycles. The number of aromatic nitrogens is 1. The largest absolute Gasteiger partial charge is 0.384 e. The first-order valence-corrected chi connectivity index (χ1v) is 4.65. The van der Waals surface area contributed by atoms with E-state index in [-0.39, 0.29) is 5.91 Å². The maximum atomic E-state index is 11.7. The van der Waals surface area contributed by atoms with E-state index >= 15 is 0 Å². The summed E-state index contributed by atoms with van der Waals surface area (Å²) < 4.78 is 0. The van der Waals surface area contributed by atoms with Crippen molar-refractivity contribution in [2.24, 2.45) is 0 Å². The molecule has 4 heteroatoms. The smallest absolute Gasteiger partial charge is 0.257 e. The lowest BCUT2D eigenvalue weighted by atomic mass is 10.2. The van der Waals surface area contributed by atoms with Crippen LogP contribution in [0.5, 0.6) is 0 Å². The van der Waals surface area contributed by atoms with Crippen LogP contribution in [-0.4, -0.2) is 10.9 Å². The van der Waals surface area contributed by atoms with Gasteiger partial charge in [0.25, 0.3) is 5.91 Å². The van der Waals surface area contributed by atoms with Crippen LogP contribution in [0.4, 0.5) is 5.82 Å². The molecule has 3 N–H and O–H groups in total. The second kappa shape index (κ2) is 5.50. The summed E-state index contributed by atoms with van der Waals surface area (Å²) in [6, 6.07) is 3.17. The Bertz CT molecular complexity index is 432. The minimum Gasteiger partial charge on any atom is -0.384 e. The lowest BCUT2D eigenvalue weighted by Gasteiger charge is -2.04. The summed E-state index contributed by atoms with van der Waals surface area (Å²) in [5.74, 6) is 0.114. The van der Waals surface area contributed by atoms with Gasteiger partial charge < -0.3 is 11.1 Å². The van der Waals surface area contributed by atoms with Gasteiger partial charge in [-0.05, 0) is 24.3 Å². The van der Waals surface area contributed by atoms with Crippen molar-refractivity contribution in [3.8, 4) is 0 Å². The molecule has 0 aliphatic heterocycles. The number of nitrogen functional groups attached to an aromatic ring is 1. The molecule has 16 heavy (non-hydrogen) atoms. The number of nitrogens with zero attached hydrogens (tertiary/aromatic N) is 1. The SMILES string of the molecule is C=C/C=C(\C=C)NC(=O)c1ccc(N)nc1. The fourth-order valence-corrected chi connectivity index (χ4v) is 1.03. The van der Waals surface area contributed by atoms with E-state index in [9.17, 15) is 4.79 Å². The molecule has 0 unspecified atom stereocenters. The van der Waals surface area contributed by atoms with Gasteiger partial charge in [-0.3, -0.25) is 4.79 Å². The van der Waals surface area contributed by atoms with Crippen LogP contribution in [-0.2, 0) is 0 Å². The fraction of sp³-hybridized carbons (Fsp3) is 0. The average Bonchev–Trinajstić information content (AvgIpc) is 2.29. The third-order valence-electron chi connectivity index (χ3n) is 1.82. The van der Waals surface area contributed by atoms with E-state index in [2.05, 4.69) is 23.5 Å². The van der Waals surface area contributed by atoms with Crippen molar-refractivity contribution >= 4 is 11.7 Å². The van der Waals surface area contributed by atoms with E-state index in [0.717, 1.165) is 0 Å². The van der Waals surface area contributed by atoms with Gasteiger partial charge in [0.2, 0.25) is 0 Å². The molecule has 1 aromatic rings. The van der Waals surface area contributed by atoms with Crippen LogP contribution in [0.3, 0.4) is 0 Å². The minimum atomic E-state index is -0.263. The molecule has 0 atom stereocenters.